The lowest BCUT2D eigenvalue weighted by molar-refractivity contribution is -0.143. The summed E-state index contributed by atoms with van der Waals surface area (Å²) >= 11 is 0. The molecule has 1 heterocycles. The standard InChI is InChI=1S/C6H10O3/c1-3-6(5(7)8)4(2)9-6/h4H,3H2,1-2H3,(H,7,8)/t4?,6-/m1/s1. The van der Waals surface area contributed by atoms with Crippen molar-refractivity contribution in [2.24, 2.45) is 0 Å². The van der Waals surface area contributed by atoms with E-state index >= 15 is 0 Å². The van der Waals surface area contributed by atoms with E-state index in [4.69, 9.17) is 9.84 Å². The molecule has 1 aliphatic rings. The maximum Gasteiger partial charge on any atom is 0.338 e. The fourth-order valence-corrected chi connectivity index (χ4v) is 1.03. The lowest BCUT2D eigenvalue weighted by Gasteiger charge is -1.99. The van der Waals surface area contributed by atoms with Crippen molar-refractivity contribution in [3.63, 3.8) is 0 Å². The van der Waals surface area contributed by atoms with Gasteiger partial charge < -0.3 is 9.84 Å². The molecule has 9 heavy (non-hydrogen) atoms. The summed E-state index contributed by atoms with van der Waals surface area (Å²) in [6.45, 7) is 3.59. The molecule has 0 radical (unpaired) electrons. The first-order valence-corrected chi connectivity index (χ1v) is 3.04. The van der Waals surface area contributed by atoms with Gasteiger partial charge in [-0.25, -0.2) is 4.79 Å². The van der Waals surface area contributed by atoms with Crippen LogP contribution >= 0.6 is 0 Å². The largest absolute Gasteiger partial charge is 0.479 e. The molecule has 0 aromatic carbocycles. The Morgan fingerprint density at radius 2 is 2.33 bits per heavy atom. The number of hydrogen-bond donors (Lipinski definition) is 1. The Balaban J connectivity index is 2.62. The molecule has 3 nitrogen and oxygen atoms in total. The highest BCUT2D eigenvalue weighted by Gasteiger charge is 2.58. The van der Waals surface area contributed by atoms with Crippen LogP contribution in [0.2, 0.25) is 0 Å². The molecule has 0 aromatic rings. The number of epoxide rings is 1. The van der Waals surface area contributed by atoms with Crippen LogP contribution < -0.4 is 0 Å². The van der Waals surface area contributed by atoms with Crippen LogP contribution in [0, 0.1) is 0 Å². The van der Waals surface area contributed by atoms with E-state index in [1.54, 1.807) is 6.92 Å². The van der Waals surface area contributed by atoms with Crippen molar-refractivity contribution in [2.75, 3.05) is 0 Å². The van der Waals surface area contributed by atoms with Crippen LogP contribution in [-0.2, 0) is 9.53 Å². The average Bonchev–Trinajstić information content (AvgIpc) is 2.43. The Labute approximate surface area is 53.6 Å². The van der Waals surface area contributed by atoms with E-state index in [1.165, 1.54) is 0 Å². The van der Waals surface area contributed by atoms with Gasteiger partial charge in [0.25, 0.3) is 0 Å². The van der Waals surface area contributed by atoms with Gasteiger partial charge in [0.15, 0.2) is 5.60 Å². The van der Waals surface area contributed by atoms with Crippen molar-refractivity contribution in [1.82, 2.24) is 0 Å². The predicted octanol–water partition coefficient (Wildman–Crippen LogP) is 0.638. The highest BCUT2D eigenvalue weighted by atomic mass is 16.6. The minimum atomic E-state index is -0.836. The second-order valence-electron chi connectivity index (χ2n) is 2.31. The van der Waals surface area contributed by atoms with Gasteiger partial charge in [-0.1, -0.05) is 6.92 Å². The van der Waals surface area contributed by atoms with Gasteiger partial charge in [0, 0.05) is 0 Å². The molecule has 2 atom stereocenters. The molecular formula is C6H10O3. The van der Waals surface area contributed by atoms with E-state index < -0.39 is 11.6 Å². The van der Waals surface area contributed by atoms with Gasteiger partial charge in [-0.15, -0.1) is 0 Å². The molecule has 1 unspecified atom stereocenters. The van der Waals surface area contributed by atoms with Crippen LogP contribution in [-0.4, -0.2) is 22.8 Å². The third-order valence-electron chi connectivity index (χ3n) is 1.87. The van der Waals surface area contributed by atoms with Gasteiger partial charge >= 0.3 is 5.97 Å². The number of carboxylic acid groups (broad SMARTS) is 1. The molecule has 1 saturated heterocycles. The maximum absolute atomic E-state index is 10.4. The molecule has 3 heteroatoms. The number of carboxylic acids is 1. The van der Waals surface area contributed by atoms with Crippen LogP contribution in [0.5, 0.6) is 0 Å². The van der Waals surface area contributed by atoms with Crippen LogP contribution in [0.25, 0.3) is 0 Å². The molecular weight excluding hydrogens is 120 g/mol. The van der Waals surface area contributed by atoms with Crippen molar-refractivity contribution in [2.45, 2.75) is 32.0 Å². The summed E-state index contributed by atoms with van der Waals surface area (Å²) in [7, 11) is 0. The van der Waals surface area contributed by atoms with Crippen molar-refractivity contribution in [3.8, 4) is 0 Å². The SMILES string of the molecule is CC[C@@]1(C(=O)O)OC1C. The highest BCUT2D eigenvalue weighted by molar-refractivity contribution is 5.81. The molecule has 0 amide bonds. The summed E-state index contributed by atoms with van der Waals surface area (Å²) in [4.78, 5) is 10.4. The average molecular weight is 130 g/mol. The maximum atomic E-state index is 10.4. The van der Waals surface area contributed by atoms with Gasteiger partial charge in [-0.3, -0.25) is 0 Å². The summed E-state index contributed by atoms with van der Waals surface area (Å²) in [5.41, 5.74) is -0.833. The number of aliphatic carboxylic acids is 1. The van der Waals surface area contributed by atoms with Crippen molar-refractivity contribution < 1.29 is 14.6 Å². The fourth-order valence-electron chi connectivity index (χ4n) is 1.03. The normalized spacial score (nSPS) is 40.4. The van der Waals surface area contributed by atoms with E-state index in [9.17, 15) is 4.79 Å². The van der Waals surface area contributed by atoms with E-state index in [1.807, 2.05) is 6.92 Å². The molecule has 1 fully saturated rings. The summed E-state index contributed by atoms with van der Waals surface area (Å²) in [5, 5.41) is 8.55. The number of ether oxygens (including phenoxy) is 1. The molecule has 0 aromatic heterocycles. The Morgan fingerprint density at radius 1 is 1.89 bits per heavy atom. The summed E-state index contributed by atoms with van der Waals surface area (Å²) in [6, 6.07) is 0. The Kier molecular flexibility index (Phi) is 1.24. The van der Waals surface area contributed by atoms with Gasteiger partial charge in [-0.2, -0.15) is 0 Å². The molecule has 1 aliphatic heterocycles. The second kappa shape index (κ2) is 1.70. The van der Waals surface area contributed by atoms with Crippen LogP contribution in [0.15, 0.2) is 0 Å². The van der Waals surface area contributed by atoms with Crippen molar-refractivity contribution >= 4 is 5.97 Å². The van der Waals surface area contributed by atoms with Gasteiger partial charge in [0.05, 0.1) is 6.10 Å². The molecule has 52 valence electrons. The zero-order valence-electron chi connectivity index (χ0n) is 5.55. The molecule has 0 aliphatic carbocycles. The molecule has 0 saturated carbocycles. The van der Waals surface area contributed by atoms with Crippen LogP contribution in [0.4, 0.5) is 0 Å². The minimum absolute atomic E-state index is 0.0972. The zero-order chi connectivity index (χ0) is 7.07. The third-order valence-corrected chi connectivity index (χ3v) is 1.87. The van der Waals surface area contributed by atoms with Crippen LogP contribution in [0.1, 0.15) is 20.3 Å². The first-order valence-electron chi connectivity index (χ1n) is 3.04. The lowest BCUT2D eigenvalue weighted by atomic mass is 10.0. The number of carbonyl (C=O) groups is 1. The highest BCUT2D eigenvalue weighted by Crippen LogP contribution is 2.39. The van der Waals surface area contributed by atoms with Gasteiger partial charge in [0.2, 0.25) is 0 Å². The second-order valence-corrected chi connectivity index (χ2v) is 2.31. The van der Waals surface area contributed by atoms with Crippen molar-refractivity contribution in [3.05, 3.63) is 0 Å². The summed E-state index contributed by atoms with van der Waals surface area (Å²) < 4.78 is 4.92. The van der Waals surface area contributed by atoms with E-state index in [0.29, 0.717) is 6.42 Å². The smallest absolute Gasteiger partial charge is 0.338 e. The Bertz CT molecular complexity index is 139. The quantitative estimate of drug-likeness (QED) is 0.558. The zero-order valence-corrected chi connectivity index (χ0v) is 5.55. The molecule has 0 bridgehead atoms. The lowest BCUT2D eigenvalue weighted by Crippen LogP contribution is -2.24. The number of rotatable bonds is 2. The molecule has 1 rings (SSSR count). The minimum Gasteiger partial charge on any atom is -0.479 e. The van der Waals surface area contributed by atoms with E-state index in [0.717, 1.165) is 0 Å². The summed E-state index contributed by atoms with van der Waals surface area (Å²) in [5.74, 6) is -0.836. The first kappa shape index (κ1) is 6.55. The molecule has 1 N–H and O–H groups in total. The van der Waals surface area contributed by atoms with Crippen molar-refractivity contribution in [1.29, 1.82) is 0 Å². The summed E-state index contributed by atoms with van der Waals surface area (Å²) in [6.07, 6.45) is 0.462. The van der Waals surface area contributed by atoms with E-state index in [2.05, 4.69) is 0 Å². The third kappa shape index (κ3) is 0.721. The van der Waals surface area contributed by atoms with E-state index in [-0.39, 0.29) is 6.10 Å². The Morgan fingerprint density at radius 3 is 2.33 bits per heavy atom. The predicted molar refractivity (Wildman–Crippen MR) is 31.2 cm³/mol. The van der Waals surface area contributed by atoms with Gasteiger partial charge in [-0.05, 0) is 13.3 Å². The van der Waals surface area contributed by atoms with Gasteiger partial charge in [0.1, 0.15) is 0 Å². The first-order chi connectivity index (χ1) is 4.13. The molecule has 0 spiro atoms. The fraction of sp³-hybridized carbons (Fsp3) is 0.833. The number of hydrogen-bond acceptors (Lipinski definition) is 2. The van der Waals surface area contributed by atoms with Crippen LogP contribution in [0.3, 0.4) is 0 Å². The Hall–Kier alpha value is -0.570. The topological polar surface area (TPSA) is 49.8 Å². The monoisotopic (exact) mass is 130 g/mol.